The highest BCUT2D eigenvalue weighted by atomic mass is 19.1. The van der Waals surface area contributed by atoms with E-state index >= 15 is 0 Å². The van der Waals surface area contributed by atoms with Crippen molar-refractivity contribution in [2.75, 3.05) is 38.2 Å². The molecule has 0 unspecified atom stereocenters. The second-order valence-corrected chi connectivity index (χ2v) is 4.81. The first kappa shape index (κ1) is 13.5. The van der Waals surface area contributed by atoms with Crippen molar-refractivity contribution in [1.29, 1.82) is 0 Å². The van der Waals surface area contributed by atoms with Gasteiger partial charge >= 0.3 is 0 Å². The lowest BCUT2D eigenvalue weighted by atomic mass is 10.1. The maximum Gasteiger partial charge on any atom is 0.150 e. The monoisotopic (exact) mass is 262 g/mol. The number of nitrogens with one attached hydrogen (secondary N) is 1. The number of benzene rings is 1. The van der Waals surface area contributed by atoms with Gasteiger partial charge in [0.05, 0.1) is 11.2 Å². The van der Waals surface area contributed by atoms with Crippen molar-refractivity contribution in [2.45, 2.75) is 6.42 Å². The molecule has 0 aliphatic carbocycles. The van der Waals surface area contributed by atoms with Gasteiger partial charge in [0.15, 0.2) is 5.82 Å². The molecule has 2 rings (SSSR count). The summed E-state index contributed by atoms with van der Waals surface area (Å²) in [4.78, 5) is 6.32. The molecule has 1 aromatic carbocycles. The SMILES string of the molecule is CN(C)CCCNc1c(F)cc(N)c2cccnc12. The van der Waals surface area contributed by atoms with E-state index in [0.717, 1.165) is 18.4 Å². The number of nitrogens with two attached hydrogens (primary N) is 1. The molecule has 0 atom stereocenters. The Labute approximate surface area is 112 Å². The Morgan fingerprint density at radius 2 is 2.21 bits per heavy atom. The molecule has 0 aliphatic rings. The van der Waals surface area contributed by atoms with E-state index < -0.39 is 0 Å². The molecule has 19 heavy (non-hydrogen) atoms. The molecule has 0 aliphatic heterocycles. The summed E-state index contributed by atoms with van der Waals surface area (Å²) < 4.78 is 14.0. The summed E-state index contributed by atoms with van der Waals surface area (Å²) in [5.74, 6) is -0.353. The molecule has 5 heteroatoms. The predicted octanol–water partition coefficient (Wildman–Crippen LogP) is 2.32. The number of pyridine rings is 1. The van der Waals surface area contributed by atoms with Gasteiger partial charge in [-0.05, 0) is 45.3 Å². The van der Waals surface area contributed by atoms with Gasteiger partial charge in [-0.1, -0.05) is 0 Å². The molecule has 0 bridgehead atoms. The Balaban J connectivity index is 2.22. The number of nitrogen functional groups attached to an aromatic ring is 1. The highest BCUT2D eigenvalue weighted by Gasteiger charge is 2.11. The van der Waals surface area contributed by atoms with Crippen LogP contribution < -0.4 is 11.1 Å². The second kappa shape index (κ2) is 5.84. The van der Waals surface area contributed by atoms with Crippen molar-refractivity contribution < 1.29 is 4.39 Å². The summed E-state index contributed by atoms with van der Waals surface area (Å²) in [7, 11) is 4.03. The molecule has 3 N–H and O–H groups in total. The highest BCUT2D eigenvalue weighted by molar-refractivity contribution is 5.98. The van der Waals surface area contributed by atoms with E-state index in [2.05, 4.69) is 15.2 Å². The highest BCUT2D eigenvalue weighted by Crippen LogP contribution is 2.29. The van der Waals surface area contributed by atoms with Crippen molar-refractivity contribution in [2.24, 2.45) is 0 Å². The van der Waals surface area contributed by atoms with E-state index in [1.54, 1.807) is 12.3 Å². The molecular formula is C14H19FN4. The van der Waals surface area contributed by atoms with Crippen LogP contribution in [0.3, 0.4) is 0 Å². The smallest absolute Gasteiger partial charge is 0.150 e. The Kier molecular flexibility index (Phi) is 4.16. The van der Waals surface area contributed by atoms with Crippen LogP contribution in [0, 0.1) is 5.82 Å². The third-order valence-corrected chi connectivity index (χ3v) is 2.96. The molecule has 0 saturated carbocycles. The Hall–Kier alpha value is -1.88. The number of nitrogens with zero attached hydrogens (tertiary/aromatic N) is 2. The molecule has 0 fully saturated rings. The second-order valence-electron chi connectivity index (χ2n) is 4.81. The molecule has 0 radical (unpaired) electrons. The Morgan fingerprint density at radius 3 is 2.95 bits per heavy atom. The fourth-order valence-electron chi connectivity index (χ4n) is 2.01. The van der Waals surface area contributed by atoms with Gasteiger partial charge < -0.3 is 16.0 Å². The zero-order valence-electron chi connectivity index (χ0n) is 11.3. The van der Waals surface area contributed by atoms with Crippen molar-refractivity contribution in [3.63, 3.8) is 0 Å². The van der Waals surface area contributed by atoms with Crippen LogP contribution in [-0.2, 0) is 0 Å². The van der Waals surface area contributed by atoms with E-state index in [0.29, 0.717) is 23.4 Å². The van der Waals surface area contributed by atoms with Gasteiger partial charge in [0, 0.05) is 23.8 Å². The van der Waals surface area contributed by atoms with E-state index in [1.807, 2.05) is 20.2 Å². The zero-order chi connectivity index (χ0) is 13.8. The third-order valence-electron chi connectivity index (χ3n) is 2.96. The summed E-state index contributed by atoms with van der Waals surface area (Å²) in [6, 6.07) is 4.99. The average Bonchev–Trinajstić information content (AvgIpc) is 2.37. The maximum atomic E-state index is 14.0. The largest absolute Gasteiger partial charge is 0.398 e. The molecule has 2 aromatic rings. The summed E-state index contributed by atoms with van der Waals surface area (Å²) in [6.45, 7) is 1.65. The van der Waals surface area contributed by atoms with Crippen LogP contribution in [0.2, 0.25) is 0 Å². The van der Waals surface area contributed by atoms with Crippen LogP contribution in [0.15, 0.2) is 24.4 Å². The Morgan fingerprint density at radius 1 is 1.42 bits per heavy atom. The van der Waals surface area contributed by atoms with Crippen molar-refractivity contribution >= 4 is 22.3 Å². The van der Waals surface area contributed by atoms with Crippen LogP contribution in [0.25, 0.3) is 10.9 Å². The molecule has 4 nitrogen and oxygen atoms in total. The summed E-state index contributed by atoms with van der Waals surface area (Å²) in [6.07, 6.45) is 2.58. The van der Waals surface area contributed by atoms with Gasteiger partial charge in [-0.3, -0.25) is 4.98 Å². The molecule has 1 aromatic heterocycles. The number of hydrogen-bond acceptors (Lipinski definition) is 4. The van der Waals surface area contributed by atoms with Crippen molar-refractivity contribution in [1.82, 2.24) is 9.88 Å². The lowest BCUT2D eigenvalue weighted by molar-refractivity contribution is 0.405. The minimum Gasteiger partial charge on any atom is -0.398 e. The van der Waals surface area contributed by atoms with Gasteiger partial charge in [-0.15, -0.1) is 0 Å². The van der Waals surface area contributed by atoms with Crippen LogP contribution >= 0.6 is 0 Å². The minimum absolute atomic E-state index is 0.353. The average molecular weight is 262 g/mol. The first-order valence-electron chi connectivity index (χ1n) is 6.31. The molecule has 0 spiro atoms. The minimum atomic E-state index is -0.353. The first-order valence-corrected chi connectivity index (χ1v) is 6.31. The number of hydrogen-bond donors (Lipinski definition) is 2. The van der Waals surface area contributed by atoms with E-state index in [9.17, 15) is 4.39 Å². The third kappa shape index (κ3) is 3.12. The van der Waals surface area contributed by atoms with Gasteiger partial charge in [0.25, 0.3) is 0 Å². The maximum absolute atomic E-state index is 14.0. The molecular weight excluding hydrogens is 243 g/mol. The van der Waals surface area contributed by atoms with Gasteiger partial charge in [-0.2, -0.15) is 0 Å². The van der Waals surface area contributed by atoms with Crippen molar-refractivity contribution in [3.8, 4) is 0 Å². The van der Waals surface area contributed by atoms with E-state index in [4.69, 9.17) is 5.73 Å². The fourth-order valence-corrected chi connectivity index (χ4v) is 2.01. The quantitative estimate of drug-likeness (QED) is 0.641. The number of fused-ring (bicyclic) bond motifs is 1. The predicted molar refractivity (Wildman–Crippen MR) is 77.8 cm³/mol. The standard InChI is InChI=1S/C14H19FN4/c1-19(2)8-4-7-18-14-11(15)9-12(16)10-5-3-6-17-13(10)14/h3,5-6,9,18H,4,7-8,16H2,1-2H3. The van der Waals surface area contributed by atoms with Gasteiger partial charge in [0.1, 0.15) is 0 Å². The number of aromatic nitrogens is 1. The van der Waals surface area contributed by atoms with Crippen LogP contribution in [0.1, 0.15) is 6.42 Å². The van der Waals surface area contributed by atoms with E-state index in [1.165, 1.54) is 6.07 Å². The fraction of sp³-hybridized carbons (Fsp3) is 0.357. The summed E-state index contributed by atoms with van der Waals surface area (Å²) in [5, 5.41) is 3.90. The Bertz CT molecular complexity index is 569. The number of halogens is 1. The molecule has 102 valence electrons. The molecule has 1 heterocycles. The summed E-state index contributed by atoms with van der Waals surface area (Å²) in [5.41, 5.74) is 7.24. The summed E-state index contributed by atoms with van der Waals surface area (Å²) >= 11 is 0. The van der Waals surface area contributed by atoms with Crippen molar-refractivity contribution in [3.05, 3.63) is 30.2 Å². The van der Waals surface area contributed by atoms with Crippen LogP contribution in [-0.4, -0.2) is 37.1 Å². The number of rotatable bonds is 5. The van der Waals surface area contributed by atoms with E-state index in [-0.39, 0.29) is 5.82 Å². The first-order chi connectivity index (χ1) is 9.09. The van der Waals surface area contributed by atoms with Crippen LogP contribution in [0.5, 0.6) is 0 Å². The lowest BCUT2D eigenvalue weighted by Gasteiger charge is -2.13. The number of anilines is 2. The topological polar surface area (TPSA) is 54.2 Å². The van der Waals surface area contributed by atoms with Gasteiger partial charge in [-0.25, -0.2) is 4.39 Å². The molecule has 0 amide bonds. The van der Waals surface area contributed by atoms with Gasteiger partial charge in [0.2, 0.25) is 0 Å². The zero-order valence-corrected chi connectivity index (χ0v) is 11.3. The van der Waals surface area contributed by atoms with Crippen LogP contribution in [0.4, 0.5) is 15.8 Å². The lowest BCUT2D eigenvalue weighted by Crippen LogP contribution is -2.16. The normalized spacial score (nSPS) is 11.2. The molecule has 0 saturated heterocycles.